The molecule has 28 heavy (non-hydrogen) atoms. The molecule has 0 saturated carbocycles. The quantitative estimate of drug-likeness (QED) is 0.741. The molecule has 8 heteroatoms. The molecule has 1 unspecified atom stereocenters. The maximum Gasteiger partial charge on any atom is 0.430 e. The molecule has 4 nitrogen and oxygen atoms in total. The van der Waals surface area contributed by atoms with E-state index in [0.717, 1.165) is 6.08 Å². The van der Waals surface area contributed by atoms with Crippen LogP contribution in [0.1, 0.15) is 16.7 Å². The van der Waals surface area contributed by atoms with Crippen LogP contribution in [-0.2, 0) is 4.79 Å². The Hall–Kier alpha value is -3.11. The van der Waals surface area contributed by atoms with Crippen LogP contribution in [0.3, 0.4) is 0 Å². The molecule has 2 aromatic rings. The highest BCUT2D eigenvalue weighted by Crippen LogP contribution is 2.40. The number of carboxylic acid groups (broad SMARTS) is 1. The first kappa shape index (κ1) is 19.6. The Bertz CT molecular complexity index is 1010. The van der Waals surface area contributed by atoms with Gasteiger partial charge < -0.3 is 14.6 Å². The van der Waals surface area contributed by atoms with E-state index in [9.17, 15) is 18.0 Å². The smallest absolute Gasteiger partial charge is 0.430 e. The highest BCUT2D eigenvalue weighted by Gasteiger charge is 2.48. The van der Waals surface area contributed by atoms with Crippen LogP contribution in [0.4, 0.5) is 13.2 Å². The molecule has 0 aromatic heterocycles. The largest absolute Gasteiger partial charge is 0.497 e. The van der Waals surface area contributed by atoms with Crippen molar-refractivity contribution < 1.29 is 32.5 Å². The standard InChI is InChI=1S/C20H12ClF3O4/c1-27-15-6-3-11(4-7-15)2-5-12-8-14(21)9-13-10-16(19(25)26)18(20(22,23)24)28-17(12)13/h3-4,6-10,18H,1H3,(H,25,26). The molecule has 1 aliphatic rings. The van der Waals surface area contributed by atoms with E-state index in [1.54, 1.807) is 24.3 Å². The van der Waals surface area contributed by atoms with Gasteiger partial charge in [0.05, 0.1) is 18.2 Å². The number of rotatable bonds is 2. The van der Waals surface area contributed by atoms with Crippen molar-refractivity contribution >= 4 is 23.6 Å². The summed E-state index contributed by atoms with van der Waals surface area (Å²) < 4.78 is 49.9. The molecule has 1 heterocycles. The fourth-order valence-electron chi connectivity index (χ4n) is 2.60. The minimum atomic E-state index is -4.90. The minimum absolute atomic E-state index is 0.115. The molecule has 0 spiro atoms. The second-order valence-corrected chi connectivity index (χ2v) is 6.23. The number of ether oxygens (including phenoxy) is 2. The van der Waals surface area contributed by atoms with Gasteiger partial charge in [-0.25, -0.2) is 4.79 Å². The lowest BCUT2D eigenvalue weighted by Gasteiger charge is -2.27. The number of halogens is 4. The summed E-state index contributed by atoms with van der Waals surface area (Å²) in [5.74, 6) is 4.29. The molecule has 1 N–H and O–H groups in total. The summed E-state index contributed by atoms with van der Waals surface area (Å²) in [4.78, 5) is 11.2. The Balaban J connectivity index is 2.07. The summed E-state index contributed by atoms with van der Waals surface area (Å²) in [5, 5.41) is 9.30. The number of aliphatic carboxylic acids is 1. The van der Waals surface area contributed by atoms with Gasteiger partial charge in [-0.3, -0.25) is 0 Å². The van der Waals surface area contributed by atoms with Crippen molar-refractivity contribution in [2.75, 3.05) is 7.11 Å². The average molecular weight is 409 g/mol. The van der Waals surface area contributed by atoms with Crippen molar-refractivity contribution in [3.63, 3.8) is 0 Å². The van der Waals surface area contributed by atoms with Gasteiger partial charge in [-0.15, -0.1) is 0 Å². The monoisotopic (exact) mass is 408 g/mol. The second kappa shape index (κ2) is 7.49. The van der Waals surface area contributed by atoms with Crippen LogP contribution in [0.5, 0.6) is 11.5 Å². The predicted molar refractivity (Wildman–Crippen MR) is 96.5 cm³/mol. The number of hydrogen-bond acceptors (Lipinski definition) is 3. The zero-order valence-corrected chi connectivity index (χ0v) is 15.1. The number of fused-ring (bicyclic) bond motifs is 1. The third kappa shape index (κ3) is 4.07. The van der Waals surface area contributed by atoms with E-state index in [2.05, 4.69) is 11.8 Å². The molecule has 0 aliphatic carbocycles. The van der Waals surface area contributed by atoms with E-state index in [1.165, 1.54) is 19.2 Å². The van der Waals surface area contributed by atoms with E-state index in [0.29, 0.717) is 11.3 Å². The molecule has 0 saturated heterocycles. The Kier molecular flexibility index (Phi) is 5.25. The third-order valence-electron chi connectivity index (χ3n) is 3.89. The van der Waals surface area contributed by atoms with Crippen LogP contribution in [-0.4, -0.2) is 30.5 Å². The van der Waals surface area contributed by atoms with Crippen LogP contribution in [0.15, 0.2) is 42.0 Å². The minimum Gasteiger partial charge on any atom is -0.497 e. The van der Waals surface area contributed by atoms with E-state index < -0.39 is 23.8 Å². The first-order chi connectivity index (χ1) is 13.2. The van der Waals surface area contributed by atoms with Crippen molar-refractivity contribution in [2.24, 2.45) is 0 Å². The van der Waals surface area contributed by atoms with Gasteiger partial charge in [0.1, 0.15) is 11.5 Å². The molecule has 0 bridgehead atoms. The normalized spacial score (nSPS) is 15.5. The van der Waals surface area contributed by atoms with E-state index in [4.69, 9.17) is 26.2 Å². The first-order valence-electron chi connectivity index (χ1n) is 7.87. The number of hydrogen-bond donors (Lipinski definition) is 1. The van der Waals surface area contributed by atoms with Gasteiger partial charge in [0, 0.05) is 16.1 Å². The lowest BCUT2D eigenvalue weighted by molar-refractivity contribution is -0.187. The molecule has 144 valence electrons. The Morgan fingerprint density at radius 1 is 1.21 bits per heavy atom. The summed E-state index contributed by atoms with van der Waals surface area (Å²) in [5.41, 5.74) is -0.0894. The number of carboxylic acids is 1. The summed E-state index contributed by atoms with van der Waals surface area (Å²) in [6.07, 6.45) is -6.59. The molecule has 3 rings (SSSR count). The third-order valence-corrected chi connectivity index (χ3v) is 4.11. The summed E-state index contributed by atoms with van der Waals surface area (Å²) >= 11 is 6.02. The van der Waals surface area contributed by atoms with E-state index in [-0.39, 0.29) is 21.9 Å². The summed E-state index contributed by atoms with van der Waals surface area (Å²) in [6, 6.07) is 9.44. The zero-order chi connectivity index (χ0) is 20.5. The topological polar surface area (TPSA) is 55.8 Å². The van der Waals surface area contributed by atoms with Crippen molar-refractivity contribution in [3.8, 4) is 23.3 Å². The lowest BCUT2D eigenvalue weighted by Crippen LogP contribution is -2.40. The van der Waals surface area contributed by atoms with Gasteiger partial charge in [-0.2, -0.15) is 13.2 Å². The number of alkyl halides is 3. The van der Waals surface area contributed by atoms with Crippen molar-refractivity contribution in [1.29, 1.82) is 0 Å². The lowest BCUT2D eigenvalue weighted by atomic mass is 9.98. The molecule has 0 fully saturated rings. The molecule has 1 atom stereocenters. The van der Waals surface area contributed by atoms with Gasteiger partial charge in [-0.1, -0.05) is 23.4 Å². The molecule has 2 aromatic carbocycles. The van der Waals surface area contributed by atoms with Crippen LogP contribution < -0.4 is 9.47 Å². The molecule has 0 amide bonds. The fourth-order valence-corrected chi connectivity index (χ4v) is 2.83. The maximum absolute atomic E-state index is 13.3. The van der Waals surface area contributed by atoms with Crippen LogP contribution >= 0.6 is 11.6 Å². The van der Waals surface area contributed by atoms with Gasteiger partial charge in [0.2, 0.25) is 6.10 Å². The number of benzene rings is 2. The van der Waals surface area contributed by atoms with Gasteiger partial charge in [0.25, 0.3) is 0 Å². The van der Waals surface area contributed by atoms with Crippen molar-refractivity contribution in [1.82, 2.24) is 0 Å². The average Bonchev–Trinajstić information content (AvgIpc) is 2.64. The Labute approximate surface area is 163 Å². The zero-order valence-electron chi connectivity index (χ0n) is 14.3. The highest BCUT2D eigenvalue weighted by molar-refractivity contribution is 6.31. The first-order valence-corrected chi connectivity index (χ1v) is 8.24. The summed E-state index contributed by atoms with van der Waals surface area (Å²) in [6.45, 7) is 0. The van der Waals surface area contributed by atoms with Crippen LogP contribution in [0.2, 0.25) is 5.02 Å². The van der Waals surface area contributed by atoms with E-state index in [1.807, 2.05) is 0 Å². The molecular formula is C20H12ClF3O4. The molecule has 0 radical (unpaired) electrons. The van der Waals surface area contributed by atoms with E-state index >= 15 is 0 Å². The number of carbonyl (C=O) groups is 1. The fraction of sp³-hybridized carbons (Fsp3) is 0.150. The Morgan fingerprint density at radius 2 is 1.89 bits per heavy atom. The van der Waals surface area contributed by atoms with Crippen molar-refractivity contribution in [3.05, 3.63) is 63.7 Å². The van der Waals surface area contributed by atoms with Crippen LogP contribution in [0, 0.1) is 11.8 Å². The summed E-state index contributed by atoms with van der Waals surface area (Å²) in [7, 11) is 1.52. The number of methoxy groups -OCH3 is 1. The predicted octanol–water partition coefficient (Wildman–Crippen LogP) is 4.54. The van der Waals surface area contributed by atoms with Gasteiger partial charge in [0.15, 0.2) is 0 Å². The second-order valence-electron chi connectivity index (χ2n) is 5.79. The maximum atomic E-state index is 13.3. The van der Waals surface area contributed by atoms with Crippen LogP contribution in [0.25, 0.3) is 6.08 Å². The SMILES string of the molecule is COc1ccc(C#Cc2cc(Cl)cc3c2OC(C(F)(F)F)C(C(=O)O)=C3)cc1. The van der Waals surface area contributed by atoms with Crippen molar-refractivity contribution in [2.45, 2.75) is 12.3 Å². The van der Waals surface area contributed by atoms with Gasteiger partial charge in [-0.05, 0) is 42.5 Å². The Morgan fingerprint density at radius 3 is 2.46 bits per heavy atom. The van der Waals surface area contributed by atoms with Gasteiger partial charge >= 0.3 is 12.1 Å². The highest BCUT2D eigenvalue weighted by atomic mass is 35.5. The molecular weight excluding hydrogens is 397 g/mol. The molecule has 1 aliphatic heterocycles.